The van der Waals surface area contributed by atoms with Crippen LogP contribution in [0.4, 0.5) is 0 Å². The van der Waals surface area contributed by atoms with E-state index in [1.165, 1.54) is 6.33 Å². The summed E-state index contributed by atoms with van der Waals surface area (Å²) in [7, 11) is 0. The highest BCUT2D eigenvalue weighted by molar-refractivity contribution is 5.92. The molecule has 0 bridgehead atoms. The molecule has 158 valence electrons. The Morgan fingerprint density at radius 1 is 1.23 bits per heavy atom. The van der Waals surface area contributed by atoms with Crippen molar-refractivity contribution in [1.82, 2.24) is 14.9 Å². The minimum Gasteiger partial charge on any atom is -0.508 e. The number of phenolic OH excluding ortho intramolecular Hbond substituents is 1. The highest BCUT2D eigenvalue weighted by atomic mass is 16.5. The lowest BCUT2D eigenvalue weighted by molar-refractivity contribution is -0.173. The number of benzene rings is 1. The molecule has 1 aromatic heterocycles. The third-order valence-electron chi connectivity index (χ3n) is 7.07. The maximum absolute atomic E-state index is 12.7. The topological polar surface area (TPSA) is 84.8 Å². The van der Waals surface area contributed by atoms with Gasteiger partial charge in [-0.3, -0.25) is 4.79 Å². The first-order valence-electron chi connectivity index (χ1n) is 10.6. The molecule has 0 radical (unpaired) electrons. The molecule has 1 N–H and O–H groups in total. The maximum Gasteiger partial charge on any atom is 0.272 e. The fourth-order valence-corrected chi connectivity index (χ4v) is 5.25. The van der Waals surface area contributed by atoms with Crippen molar-refractivity contribution >= 4 is 5.91 Å². The van der Waals surface area contributed by atoms with E-state index in [-0.39, 0.29) is 29.1 Å². The van der Waals surface area contributed by atoms with E-state index in [2.05, 4.69) is 23.8 Å². The lowest BCUT2D eigenvalue weighted by atomic mass is 9.64. The number of amides is 1. The zero-order valence-electron chi connectivity index (χ0n) is 17.4. The van der Waals surface area contributed by atoms with Crippen molar-refractivity contribution in [3.05, 3.63) is 48.0 Å². The van der Waals surface area contributed by atoms with Crippen molar-refractivity contribution in [2.45, 2.75) is 44.8 Å². The van der Waals surface area contributed by atoms with Gasteiger partial charge in [0.1, 0.15) is 29.1 Å². The van der Waals surface area contributed by atoms with Gasteiger partial charge in [-0.1, -0.05) is 0 Å². The lowest BCUT2D eigenvalue weighted by Gasteiger charge is -2.54. The minimum atomic E-state index is -0.396. The largest absolute Gasteiger partial charge is 0.508 e. The van der Waals surface area contributed by atoms with Crippen LogP contribution in [0.3, 0.4) is 0 Å². The number of rotatable bonds is 1. The predicted molar refractivity (Wildman–Crippen MR) is 109 cm³/mol. The van der Waals surface area contributed by atoms with Gasteiger partial charge in [0.25, 0.3) is 5.91 Å². The molecule has 0 saturated carbocycles. The molecule has 2 atom stereocenters. The first-order valence-corrected chi connectivity index (χ1v) is 10.6. The van der Waals surface area contributed by atoms with Crippen LogP contribution in [0.2, 0.25) is 0 Å². The summed E-state index contributed by atoms with van der Waals surface area (Å²) in [4.78, 5) is 22.6. The summed E-state index contributed by atoms with van der Waals surface area (Å²) in [5, 5.41) is 9.84. The summed E-state index contributed by atoms with van der Waals surface area (Å²) in [6.45, 7) is 6.30. The van der Waals surface area contributed by atoms with Gasteiger partial charge in [0, 0.05) is 36.8 Å². The van der Waals surface area contributed by atoms with E-state index in [1.807, 2.05) is 11.0 Å². The van der Waals surface area contributed by atoms with Crippen molar-refractivity contribution in [3.8, 4) is 11.5 Å². The molecule has 3 aliphatic heterocycles. The van der Waals surface area contributed by atoms with Crippen LogP contribution in [-0.2, 0) is 4.74 Å². The number of carbonyl (C=O) groups is 1. The number of aromatic hydroxyl groups is 1. The van der Waals surface area contributed by atoms with Gasteiger partial charge in [-0.2, -0.15) is 0 Å². The fraction of sp³-hybridized carbons (Fsp3) is 0.522. The number of phenols is 1. The average molecular weight is 409 g/mol. The highest BCUT2D eigenvalue weighted by Gasteiger charge is 2.53. The monoisotopic (exact) mass is 409 g/mol. The molecule has 2 fully saturated rings. The van der Waals surface area contributed by atoms with Crippen LogP contribution in [0.15, 0.2) is 36.8 Å². The number of aromatic nitrogens is 2. The normalized spacial score (nSPS) is 26.4. The number of piperidine rings is 1. The van der Waals surface area contributed by atoms with Crippen LogP contribution in [0.5, 0.6) is 11.5 Å². The number of ether oxygens (including phenoxy) is 2. The molecule has 0 aliphatic carbocycles. The Hall–Kier alpha value is -2.67. The minimum absolute atomic E-state index is 0.0306. The van der Waals surface area contributed by atoms with Crippen molar-refractivity contribution < 1.29 is 19.4 Å². The van der Waals surface area contributed by atoms with E-state index in [4.69, 9.17) is 9.47 Å². The first-order chi connectivity index (χ1) is 14.4. The Bertz CT molecular complexity index is 954. The van der Waals surface area contributed by atoms with Crippen molar-refractivity contribution in [2.75, 3.05) is 19.7 Å². The molecule has 1 amide bonds. The Kier molecular flexibility index (Phi) is 4.47. The number of hydrogen-bond acceptors (Lipinski definition) is 6. The zero-order valence-corrected chi connectivity index (χ0v) is 17.4. The molecular formula is C23H27N3O4. The van der Waals surface area contributed by atoms with Crippen LogP contribution in [0.1, 0.15) is 55.3 Å². The second-order valence-electron chi connectivity index (χ2n) is 9.36. The molecule has 7 nitrogen and oxygen atoms in total. The molecule has 30 heavy (non-hydrogen) atoms. The molecule has 7 heteroatoms. The van der Waals surface area contributed by atoms with Crippen LogP contribution in [0.25, 0.3) is 0 Å². The molecule has 0 unspecified atom stereocenters. The second kappa shape index (κ2) is 6.94. The van der Waals surface area contributed by atoms with Crippen LogP contribution in [-0.4, -0.2) is 51.2 Å². The summed E-state index contributed by atoms with van der Waals surface area (Å²) >= 11 is 0. The first kappa shape index (κ1) is 19.3. The van der Waals surface area contributed by atoms with Gasteiger partial charge in [-0.15, -0.1) is 0 Å². The van der Waals surface area contributed by atoms with Crippen molar-refractivity contribution in [2.24, 2.45) is 11.3 Å². The lowest BCUT2D eigenvalue weighted by Crippen LogP contribution is -2.54. The number of fused-ring (bicyclic) bond motifs is 3. The van der Waals surface area contributed by atoms with Gasteiger partial charge >= 0.3 is 0 Å². The van der Waals surface area contributed by atoms with Crippen LogP contribution >= 0.6 is 0 Å². The predicted octanol–water partition coefficient (Wildman–Crippen LogP) is 3.35. The maximum atomic E-state index is 12.7. The fourth-order valence-electron chi connectivity index (χ4n) is 5.25. The summed E-state index contributed by atoms with van der Waals surface area (Å²) < 4.78 is 12.8. The second-order valence-corrected chi connectivity index (χ2v) is 9.36. The van der Waals surface area contributed by atoms with Crippen LogP contribution < -0.4 is 4.74 Å². The molecule has 5 rings (SSSR count). The molecule has 3 aliphatic rings. The van der Waals surface area contributed by atoms with E-state index in [0.717, 1.165) is 24.8 Å². The number of carbonyl (C=O) groups excluding carboxylic acids is 1. The van der Waals surface area contributed by atoms with Gasteiger partial charge < -0.3 is 19.5 Å². The van der Waals surface area contributed by atoms with Gasteiger partial charge in [-0.05, 0) is 56.7 Å². The molecule has 2 aromatic rings. The summed E-state index contributed by atoms with van der Waals surface area (Å²) in [6.07, 6.45) is 5.80. The average Bonchev–Trinajstić information content (AvgIpc) is 2.74. The SMILES string of the molecule is CC1(C)Oc2cc(O)ccc2[C@H]2OCC3(CCN(C(=O)c4ccncn4)CC3)C[C@@H]21. The van der Waals surface area contributed by atoms with E-state index in [0.29, 0.717) is 31.1 Å². The third-order valence-corrected chi connectivity index (χ3v) is 7.07. The Morgan fingerprint density at radius 2 is 2.03 bits per heavy atom. The molecular weight excluding hydrogens is 382 g/mol. The van der Waals surface area contributed by atoms with Gasteiger partial charge in [0.15, 0.2) is 0 Å². The number of likely N-dealkylation sites (tertiary alicyclic amines) is 1. The Labute approximate surface area is 176 Å². The third kappa shape index (κ3) is 3.21. The van der Waals surface area contributed by atoms with Gasteiger partial charge in [0.05, 0.1) is 12.7 Å². The summed E-state index contributed by atoms with van der Waals surface area (Å²) in [6, 6.07) is 6.96. The van der Waals surface area contributed by atoms with E-state index < -0.39 is 5.60 Å². The van der Waals surface area contributed by atoms with Crippen molar-refractivity contribution in [3.63, 3.8) is 0 Å². The number of hydrogen-bond donors (Lipinski definition) is 1. The van der Waals surface area contributed by atoms with E-state index >= 15 is 0 Å². The standard InChI is InChI=1S/C23H27N3O4/c1-22(2)17-12-23(13-29-20(17)16-4-3-15(27)11-19(16)30-22)6-9-26(10-7-23)21(28)18-5-8-24-14-25-18/h3-5,8,11,14,17,20,27H,6-7,9-10,12-13H2,1-2H3/t17-,20+/m0/s1. The van der Waals surface area contributed by atoms with Gasteiger partial charge in [0.2, 0.25) is 0 Å². The molecule has 1 spiro atoms. The Morgan fingerprint density at radius 3 is 2.77 bits per heavy atom. The number of nitrogens with zero attached hydrogens (tertiary/aromatic N) is 3. The van der Waals surface area contributed by atoms with Crippen LogP contribution in [0, 0.1) is 11.3 Å². The summed E-state index contributed by atoms with van der Waals surface area (Å²) in [5.74, 6) is 1.10. The smallest absolute Gasteiger partial charge is 0.272 e. The molecule has 1 aromatic carbocycles. The van der Waals surface area contributed by atoms with E-state index in [1.54, 1.807) is 24.4 Å². The quantitative estimate of drug-likeness (QED) is 0.778. The van der Waals surface area contributed by atoms with Crippen molar-refractivity contribution in [1.29, 1.82) is 0 Å². The zero-order chi connectivity index (χ0) is 20.9. The molecule has 2 saturated heterocycles. The van der Waals surface area contributed by atoms with Gasteiger partial charge in [-0.25, -0.2) is 9.97 Å². The Balaban J connectivity index is 1.32. The summed E-state index contributed by atoms with van der Waals surface area (Å²) in [5.41, 5.74) is 1.12. The molecule has 4 heterocycles. The van der Waals surface area contributed by atoms with E-state index in [9.17, 15) is 9.90 Å². The highest BCUT2D eigenvalue weighted by Crippen LogP contribution is 2.55.